The van der Waals surface area contributed by atoms with Gasteiger partial charge in [0.25, 0.3) is 0 Å². The molecule has 0 unspecified atom stereocenters. The Hall–Kier alpha value is -1.33. The van der Waals surface area contributed by atoms with Crippen LogP contribution >= 0.6 is 23.3 Å². The molecule has 0 fully saturated rings. The van der Waals surface area contributed by atoms with Gasteiger partial charge in [-0.15, -0.1) is 0 Å². The number of anilines is 1. The molecule has 1 aromatic carbocycles. The lowest BCUT2D eigenvalue weighted by Gasteiger charge is -2.04. The molecule has 78 valence electrons. The summed E-state index contributed by atoms with van der Waals surface area (Å²) in [5.41, 5.74) is 7.04. The van der Waals surface area contributed by atoms with Crippen LogP contribution in [0.5, 0.6) is 5.75 Å². The maximum absolute atomic E-state index is 6.07. The summed E-state index contributed by atoms with van der Waals surface area (Å²) >= 11 is 7.14. The molecule has 0 amide bonds. The van der Waals surface area contributed by atoms with Crippen molar-refractivity contribution < 1.29 is 4.74 Å². The molecule has 0 saturated heterocycles. The molecule has 0 aliphatic rings. The van der Waals surface area contributed by atoms with Gasteiger partial charge in [-0.3, -0.25) is 0 Å². The van der Waals surface area contributed by atoms with Crippen molar-refractivity contribution in [2.45, 2.75) is 0 Å². The fraction of sp³-hybridized carbons (Fsp3) is 0.111. The minimum atomic E-state index is 0.395. The van der Waals surface area contributed by atoms with E-state index in [2.05, 4.69) is 8.75 Å². The molecule has 15 heavy (non-hydrogen) atoms. The van der Waals surface area contributed by atoms with Gasteiger partial charge in [0.05, 0.1) is 23.9 Å². The Morgan fingerprint density at radius 2 is 2.20 bits per heavy atom. The molecule has 2 aromatic rings. The average molecular weight is 242 g/mol. The van der Waals surface area contributed by atoms with Crippen molar-refractivity contribution in [1.82, 2.24) is 8.75 Å². The second-order valence-electron chi connectivity index (χ2n) is 2.84. The van der Waals surface area contributed by atoms with Gasteiger partial charge in [-0.1, -0.05) is 11.6 Å². The summed E-state index contributed by atoms with van der Waals surface area (Å²) in [6.07, 6.45) is 0. The van der Waals surface area contributed by atoms with E-state index >= 15 is 0 Å². The Morgan fingerprint density at radius 3 is 2.73 bits per heavy atom. The number of halogens is 1. The molecule has 2 N–H and O–H groups in total. The van der Waals surface area contributed by atoms with Crippen molar-refractivity contribution in [3.8, 4) is 17.0 Å². The van der Waals surface area contributed by atoms with E-state index in [9.17, 15) is 0 Å². The first-order valence-electron chi connectivity index (χ1n) is 4.14. The molecule has 2 rings (SSSR count). The quantitative estimate of drug-likeness (QED) is 0.877. The molecule has 1 aromatic heterocycles. The van der Waals surface area contributed by atoms with Crippen LogP contribution in [0.25, 0.3) is 11.3 Å². The zero-order valence-corrected chi connectivity index (χ0v) is 9.47. The largest absolute Gasteiger partial charge is 0.497 e. The van der Waals surface area contributed by atoms with E-state index in [1.54, 1.807) is 19.2 Å². The first-order valence-corrected chi connectivity index (χ1v) is 5.25. The lowest BCUT2D eigenvalue weighted by atomic mass is 10.1. The minimum absolute atomic E-state index is 0.395. The summed E-state index contributed by atoms with van der Waals surface area (Å²) in [4.78, 5) is 0. The summed E-state index contributed by atoms with van der Waals surface area (Å²) in [6.45, 7) is 0. The van der Waals surface area contributed by atoms with Crippen LogP contribution in [0.3, 0.4) is 0 Å². The number of benzene rings is 1. The van der Waals surface area contributed by atoms with Gasteiger partial charge in [0.2, 0.25) is 0 Å². The van der Waals surface area contributed by atoms with E-state index in [0.29, 0.717) is 22.3 Å². The lowest BCUT2D eigenvalue weighted by molar-refractivity contribution is 0.415. The van der Waals surface area contributed by atoms with E-state index < -0.39 is 0 Å². The number of hydrogen-bond donors (Lipinski definition) is 1. The minimum Gasteiger partial charge on any atom is -0.497 e. The van der Waals surface area contributed by atoms with Crippen molar-refractivity contribution in [2.24, 2.45) is 0 Å². The van der Waals surface area contributed by atoms with Gasteiger partial charge in [0.1, 0.15) is 11.4 Å². The van der Waals surface area contributed by atoms with E-state index in [1.807, 2.05) is 6.07 Å². The second kappa shape index (κ2) is 4.04. The fourth-order valence-corrected chi connectivity index (χ4v) is 1.95. The Bertz CT molecular complexity index is 486. The predicted octanol–water partition coefficient (Wildman–Crippen LogP) is 2.45. The van der Waals surface area contributed by atoms with E-state index in [4.69, 9.17) is 22.1 Å². The van der Waals surface area contributed by atoms with Crippen LogP contribution < -0.4 is 10.5 Å². The highest BCUT2D eigenvalue weighted by molar-refractivity contribution is 6.99. The molecule has 0 radical (unpaired) electrons. The number of nitrogens with zero attached hydrogens (tertiary/aromatic N) is 2. The number of nitrogens with two attached hydrogens (primary N) is 1. The van der Waals surface area contributed by atoms with Crippen molar-refractivity contribution >= 4 is 29.1 Å². The molecule has 6 heteroatoms. The zero-order chi connectivity index (χ0) is 10.8. The number of nitrogen functional groups attached to an aromatic ring is 1. The fourth-order valence-electron chi connectivity index (χ4n) is 1.20. The number of aromatic nitrogens is 2. The summed E-state index contributed by atoms with van der Waals surface area (Å²) in [6, 6.07) is 5.34. The first kappa shape index (κ1) is 10.2. The van der Waals surface area contributed by atoms with Gasteiger partial charge in [0.15, 0.2) is 5.82 Å². The average Bonchev–Trinajstić information content (AvgIpc) is 2.64. The van der Waals surface area contributed by atoms with E-state index in [1.165, 1.54) is 0 Å². The summed E-state index contributed by atoms with van der Waals surface area (Å²) in [5.74, 6) is 1.09. The first-order chi connectivity index (χ1) is 7.22. The lowest BCUT2D eigenvalue weighted by Crippen LogP contribution is -1.90. The Labute approximate surface area is 96.0 Å². The van der Waals surface area contributed by atoms with Gasteiger partial charge in [-0.2, -0.15) is 8.75 Å². The normalized spacial score (nSPS) is 10.3. The van der Waals surface area contributed by atoms with Gasteiger partial charge in [-0.25, -0.2) is 0 Å². The summed E-state index contributed by atoms with van der Waals surface area (Å²) in [7, 11) is 1.59. The van der Waals surface area contributed by atoms with Crippen LogP contribution in [0.2, 0.25) is 5.02 Å². The Kier molecular flexibility index (Phi) is 2.75. The van der Waals surface area contributed by atoms with Crippen molar-refractivity contribution in [3.63, 3.8) is 0 Å². The van der Waals surface area contributed by atoms with Crippen molar-refractivity contribution in [3.05, 3.63) is 23.2 Å². The number of rotatable bonds is 2. The van der Waals surface area contributed by atoms with E-state index in [0.717, 1.165) is 17.3 Å². The third kappa shape index (κ3) is 1.88. The SMILES string of the molecule is COc1ccc(-c2nsnc2N)c(Cl)c1. The molecule has 0 aliphatic heterocycles. The third-order valence-electron chi connectivity index (χ3n) is 1.95. The van der Waals surface area contributed by atoms with Crippen LogP contribution in [0.15, 0.2) is 18.2 Å². The number of methoxy groups -OCH3 is 1. The maximum Gasteiger partial charge on any atom is 0.165 e. The highest BCUT2D eigenvalue weighted by Gasteiger charge is 2.11. The zero-order valence-electron chi connectivity index (χ0n) is 7.90. The van der Waals surface area contributed by atoms with Crippen LogP contribution in [0, 0.1) is 0 Å². The van der Waals surface area contributed by atoms with Crippen molar-refractivity contribution in [1.29, 1.82) is 0 Å². The maximum atomic E-state index is 6.07. The molecular weight excluding hydrogens is 234 g/mol. The molecule has 0 saturated carbocycles. The second-order valence-corrected chi connectivity index (χ2v) is 3.78. The van der Waals surface area contributed by atoms with Crippen LogP contribution in [0.4, 0.5) is 5.82 Å². The third-order valence-corrected chi connectivity index (χ3v) is 2.80. The monoisotopic (exact) mass is 241 g/mol. The van der Waals surface area contributed by atoms with Gasteiger partial charge in [-0.05, 0) is 18.2 Å². The highest BCUT2D eigenvalue weighted by atomic mass is 35.5. The van der Waals surface area contributed by atoms with Crippen LogP contribution in [-0.4, -0.2) is 15.9 Å². The Morgan fingerprint density at radius 1 is 1.40 bits per heavy atom. The smallest absolute Gasteiger partial charge is 0.165 e. The van der Waals surface area contributed by atoms with Gasteiger partial charge >= 0.3 is 0 Å². The molecule has 0 bridgehead atoms. The van der Waals surface area contributed by atoms with Gasteiger partial charge < -0.3 is 10.5 Å². The summed E-state index contributed by atoms with van der Waals surface area (Å²) < 4.78 is 13.0. The highest BCUT2D eigenvalue weighted by Crippen LogP contribution is 2.32. The standard InChI is InChI=1S/C9H8ClN3OS/c1-14-5-2-3-6(7(10)4-5)8-9(11)13-15-12-8/h2-4H,1H3,(H2,11,13). The Balaban J connectivity index is 2.50. The topological polar surface area (TPSA) is 61.0 Å². The molecule has 0 atom stereocenters. The number of ether oxygens (including phenoxy) is 1. The molecular formula is C9H8ClN3OS. The van der Waals surface area contributed by atoms with Crippen molar-refractivity contribution in [2.75, 3.05) is 12.8 Å². The van der Waals surface area contributed by atoms with E-state index in [-0.39, 0.29) is 0 Å². The van der Waals surface area contributed by atoms with Crippen LogP contribution in [-0.2, 0) is 0 Å². The molecule has 0 aliphatic carbocycles. The molecule has 1 heterocycles. The van der Waals surface area contributed by atoms with Crippen LogP contribution in [0.1, 0.15) is 0 Å². The molecule has 4 nitrogen and oxygen atoms in total. The van der Waals surface area contributed by atoms with Gasteiger partial charge in [0, 0.05) is 5.56 Å². The molecule has 0 spiro atoms. The number of hydrogen-bond acceptors (Lipinski definition) is 5. The predicted molar refractivity (Wildman–Crippen MR) is 61.3 cm³/mol. The summed E-state index contributed by atoms with van der Waals surface area (Å²) in [5, 5.41) is 0.550.